The van der Waals surface area contributed by atoms with E-state index in [2.05, 4.69) is 10.2 Å². The van der Waals surface area contributed by atoms with E-state index in [-0.39, 0.29) is 0 Å². The molecule has 2 rings (SSSR count). The van der Waals surface area contributed by atoms with Crippen molar-refractivity contribution in [3.05, 3.63) is 35.4 Å². The normalized spacial score (nSPS) is 13.0. The monoisotopic (exact) mass is 220 g/mol. The van der Waals surface area contributed by atoms with Crippen LogP contribution in [0.2, 0.25) is 0 Å². The minimum Gasteiger partial charge on any atom is -0.382 e. The summed E-state index contributed by atoms with van der Waals surface area (Å²) in [6.45, 7) is 4.69. The van der Waals surface area contributed by atoms with Gasteiger partial charge >= 0.3 is 0 Å². The molecule has 86 valence electrons. The molecule has 0 aromatic carbocycles. The summed E-state index contributed by atoms with van der Waals surface area (Å²) in [5.41, 5.74) is 2.60. The molecule has 2 aromatic rings. The first-order chi connectivity index (χ1) is 7.65. The molecule has 5 heteroatoms. The van der Waals surface area contributed by atoms with Crippen molar-refractivity contribution in [2.45, 2.75) is 26.5 Å². The summed E-state index contributed by atoms with van der Waals surface area (Å²) in [4.78, 5) is 0. The van der Waals surface area contributed by atoms with Gasteiger partial charge in [0.25, 0.3) is 0 Å². The van der Waals surface area contributed by atoms with Crippen LogP contribution in [-0.4, -0.2) is 24.7 Å². The lowest BCUT2D eigenvalue weighted by atomic mass is 10.1. The number of aryl methyl sites for hydroxylation is 2. The highest BCUT2D eigenvalue weighted by molar-refractivity contribution is 5.26. The van der Waals surface area contributed by atoms with Crippen LogP contribution in [0.4, 0.5) is 0 Å². The summed E-state index contributed by atoms with van der Waals surface area (Å²) in [7, 11) is 1.86. The number of rotatable bonds is 3. The molecule has 0 bridgehead atoms. The first kappa shape index (κ1) is 10.9. The van der Waals surface area contributed by atoms with E-state index in [0.29, 0.717) is 0 Å². The number of nitrogens with zero attached hydrogens (tertiary/aromatic N) is 4. The van der Waals surface area contributed by atoms with Gasteiger partial charge in [0.05, 0.1) is 11.9 Å². The van der Waals surface area contributed by atoms with Crippen LogP contribution >= 0.6 is 0 Å². The second kappa shape index (κ2) is 4.09. The molecule has 0 aliphatic carbocycles. The lowest BCUT2D eigenvalue weighted by Gasteiger charge is -2.11. The third-order valence-corrected chi connectivity index (χ3v) is 2.90. The van der Waals surface area contributed by atoms with Crippen molar-refractivity contribution >= 4 is 0 Å². The van der Waals surface area contributed by atoms with Gasteiger partial charge in [0.2, 0.25) is 0 Å². The molecule has 1 N–H and O–H groups in total. The highest BCUT2D eigenvalue weighted by atomic mass is 16.3. The Kier molecular flexibility index (Phi) is 2.78. The predicted octanol–water partition coefficient (Wildman–Crippen LogP) is 1.03. The largest absolute Gasteiger partial charge is 0.382 e. The van der Waals surface area contributed by atoms with Gasteiger partial charge < -0.3 is 5.11 Å². The Morgan fingerprint density at radius 3 is 2.75 bits per heavy atom. The van der Waals surface area contributed by atoms with Gasteiger partial charge in [-0.1, -0.05) is 0 Å². The van der Waals surface area contributed by atoms with Crippen LogP contribution in [0.5, 0.6) is 0 Å². The maximum atomic E-state index is 10.3. The summed E-state index contributed by atoms with van der Waals surface area (Å²) in [5.74, 6) is 0. The molecule has 0 saturated heterocycles. The van der Waals surface area contributed by atoms with Gasteiger partial charge in [-0.05, 0) is 19.9 Å². The lowest BCUT2D eigenvalue weighted by molar-refractivity contribution is 0.207. The summed E-state index contributed by atoms with van der Waals surface area (Å²) in [6.07, 6.45) is 2.75. The maximum Gasteiger partial charge on any atom is 0.124 e. The van der Waals surface area contributed by atoms with Crippen molar-refractivity contribution in [1.82, 2.24) is 19.6 Å². The molecule has 0 fully saturated rings. The van der Waals surface area contributed by atoms with Crippen LogP contribution in [-0.2, 0) is 13.6 Å². The molecule has 5 nitrogen and oxygen atoms in total. The predicted molar refractivity (Wildman–Crippen MR) is 59.9 cm³/mol. The van der Waals surface area contributed by atoms with Crippen molar-refractivity contribution in [3.8, 4) is 0 Å². The van der Waals surface area contributed by atoms with E-state index >= 15 is 0 Å². The summed E-state index contributed by atoms with van der Waals surface area (Å²) < 4.78 is 3.54. The molecular formula is C11H16N4O. The fourth-order valence-electron chi connectivity index (χ4n) is 1.78. The minimum atomic E-state index is -0.656. The number of aliphatic hydroxyl groups excluding tert-OH is 1. The van der Waals surface area contributed by atoms with Crippen LogP contribution in [0.3, 0.4) is 0 Å². The topological polar surface area (TPSA) is 55.9 Å². The highest BCUT2D eigenvalue weighted by Gasteiger charge is 2.18. The Morgan fingerprint density at radius 2 is 2.19 bits per heavy atom. The van der Waals surface area contributed by atoms with Crippen LogP contribution in [0.1, 0.15) is 30.0 Å². The first-order valence-electron chi connectivity index (χ1n) is 5.33. The Hall–Kier alpha value is -1.62. The van der Waals surface area contributed by atoms with E-state index in [0.717, 1.165) is 23.5 Å². The van der Waals surface area contributed by atoms with Gasteiger partial charge in [-0.15, -0.1) is 0 Å². The average Bonchev–Trinajstić information content (AvgIpc) is 2.86. The summed E-state index contributed by atoms with van der Waals surface area (Å²) in [5, 5.41) is 18.5. The summed E-state index contributed by atoms with van der Waals surface area (Å²) >= 11 is 0. The Labute approximate surface area is 94.3 Å². The lowest BCUT2D eigenvalue weighted by Crippen LogP contribution is -2.09. The molecule has 1 atom stereocenters. The zero-order chi connectivity index (χ0) is 11.7. The molecule has 0 spiro atoms. The minimum absolute atomic E-state index is 0.656. The third kappa shape index (κ3) is 1.63. The fourth-order valence-corrected chi connectivity index (χ4v) is 1.78. The SMILES string of the molecule is CCn1nccc1C(O)c1cnn(C)c1C. The van der Waals surface area contributed by atoms with E-state index in [1.165, 1.54) is 0 Å². The molecule has 0 radical (unpaired) electrons. The number of hydrogen-bond donors (Lipinski definition) is 1. The van der Waals surface area contributed by atoms with Gasteiger partial charge in [-0.3, -0.25) is 9.36 Å². The van der Waals surface area contributed by atoms with E-state index in [9.17, 15) is 5.11 Å². The number of hydrogen-bond acceptors (Lipinski definition) is 3. The van der Waals surface area contributed by atoms with Gasteiger partial charge in [0.15, 0.2) is 0 Å². The Morgan fingerprint density at radius 1 is 1.44 bits per heavy atom. The van der Waals surface area contributed by atoms with Gasteiger partial charge in [-0.2, -0.15) is 10.2 Å². The van der Waals surface area contributed by atoms with E-state index in [1.807, 2.05) is 27.0 Å². The second-order valence-corrected chi connectivity index (χ2v) is 3.78. The van der Waals surface area contributed by atoms with Crippen molar-refractivity contribution in [2.75, 3.05) is 0 Å². The van der Waals surface area contributed by atoms with E-state index in [1.54, 1.807) is 21.8 Å². The molecule has 0 saturated carbocycles. The molecular weight excluding hydrogens is 204 g/mol. The molecule has 2 aromatic heterocycles. The van der Waals surface area contributed by atoms with Crippen molar-refractivity contribution in [3.63, 3.8) is 0 Å². The highest BCUT2D eigenvalue weighted by Crippen LogP contribution is 2.23. The van der Waals surface area contributed by atoms with Crippen LogP contribution in [0.25, 0.3) is 0 Å². The zero-order valence-electron chi connectivity index (χ0n) is 9.75. The quantitative estimate of drug-likeness (QED) is 0.840. The molecule has 0 amide bonds. The van der Waals surface area contributed by atoms with Crippen molar-refractivity contribution in [2.24, 2.45) is 7.05 Å². The first-order valence-corrected chi connectivity index (χ1v) is 5.33. The van der Waals surface area contributed by atoms with Gasteiger partial charge in [0.1, 0.15) is 6.10 Å². The van der Waals surface area contributed by atoms with Crippen LogP contribution < -0.4 is 0 Å². The molecule has 16 heavy (non-hydrogen) atoms. The summed E-state index contributed by atoms with van der Waals surface area (Å²) in [6, 6.07) is 1.83. The van der Waals surface area contributed by atoms with Crippen LogP contribution in [0.15, 0.2) is 18.5 Å². The maximum absolute atomic E-state index is 10.3. The van der Waals surface area contributed by atoms with Crippen molar-refractivity contribution < 1.29 is 5.11 Å². The van der Waals surface area contributed by atoms with E-state index in [4.69, 9.17) is 0 Å². The number of aliphatic hydroxyl groups is 1. The molecule has 0 aliphatic rings. The van der Waals surface area contributed by atoms with Gasteiger partial charge in [0, 0.05) is 31.0 Å². The standard InChI is InChI=1S/C11H16N4O/c1-4-15-10(5-6-12-15)11(16)9-7-13-14(3)8(9)2/h5-7,11,16H,4H2,1-3H3. The second-order valence-electron chi connectivity index (χ2n) is 3.78. The zero-order valence-corrected chi connectivity index (χ0v) is 9.75. The van der Waals surface area contributed by atoms with E-state index < -0.39 is 6.10 Å². The smallest absolute Gasteiger partial charge is 0.124 e. The van der Waals surface area contributed by atoms with Gasteiger partial charge in [-0.25, -0.2) is 0 Å². The fraction of sp³-hybridized carbons (Fsp3) is 0.455. The molecule has 2 heterocycles. The molecule has 0 aliphatic heterocycles. The Balaban J connectivity index is 2.39. The van der Waals surface area contributed by atoms with Crippen molar-refractivity contribution in [1.29, 1.82) is 0 Å². The third-order valence-electron chi connectivity index (χ3n) is 2.90. The average molecular weight is 220 g/mol. The molecule has 1 unspecified atom stereocenters. The number of aromatic nitrogens is 4. The Bertz CT molecular complexity index is 486. The van der Waals surface area contributed by atoms with Crippen LogP contribution in [0, 0.1) is 6.92 Å².